The molecule has 2 aromatic heterocycles. The molecule has 0 aromatic carbocycles. The van der Waals surface area contributed by atoms with Crippen molar-refractivity contribution in [1.82, 2.24) is 24.6 Å². The van der Waals surface area contributed by atoms with Crippen LogP contribution in [-0.2, 0) is 31.2 Å². The lowest BCUT2D eigenvalue weighted by atomic mass is 9.90. The van der Waals surface area contributed by atoms with Crippen LogP contribution in [0.1, 0.15) is 55.8 Å². The van der Waals surface area contributed by atoms with Gasteiger partial charge in [0.05, 0.1) is 31.1 Å². The fraction of sp³-hybridized carbons (Fsp3) is 0.615. The van der Waals surface area contributed by atoms with Gasteiger partial charge in [-0.2, -0.15) is 5.10 Å². The number of aliphatic imine (C=N–C) groups is 1. The SMILES string of the molecule is CCn1ccc2c1C(=NC1CCC(N3CCOCC3)CC1)NC(CCc1cnn(C)c1)=CC2. The molecule has 33 heavy (non-hydrogen) atoms. The Kier molecular flexibility index (Phi) is 6.97. The maximum Gasteiger partial charge on any atom is 0.150 e. The van der Waals surface area contributed by atoms with Crippen molar-refractivity contribution in [3.63, 3.8) is 0 Å². The summed E-state index contributed by atoms with van der Waals surface area (Å²) in [7, 11) is 1.98. The molecule has 0 radical (unpaired) electrons. The van der Waals surface area contributed by atoms with E-state index in [9.17, 15) is 0 Å². The van der Waals surface area contributed by atoms with E-state index in [-0.39, 0.29) is 0 Å². The summed E-state index contributed by atoms with van der Waals surface area (Å²) < 4.78 is 9.77. The maximum absolute atomic E-state index is 5.55. The van der Waals surface area contributed by atoms with Crippen molar-refractivity contribution in [2.45, 2.75) is 70.5 Å². The highest BCUT2D eigenvalue weighted by Gasteiger charge is 2.28. The monoisotopic (exact) mass is 450 g/mol. The van der Waals surface area contributed by atoms with Gasteiger partial charge in [-0.25, -0.2) is 0 Å². The van der Waals surface area contributed by atoms with E-state index < -0.39 is 0 Å². The third kappa shape index (κ3) is 5.25. The van der Waals surface area contributed by atoms with Crippen LogP contribution in [0.3, 0.4) is 0 Å². The molecule has 3 aliphatic rings. The van der Waals surface area contributed by atoms with Crippen LogP contribution in [0.4, 0.5) is 0 Å². The van der Waals surface area contributed by atoms with Gasteiger partial charge in [-0.3, -0.25) is 14.6 Å². The molecule has 0 amide bonds. The largest absolute Gasteiger partial charge is 0.379 e. The Morgan fingerprint density at radius 1 is 1.15 bits per heavy atom. The summed E-state index contributed by atoms with van der Waals surface area (Å²) in [5.74, 6) is 1.07. The predicted octanol–water partition coefficient (Wildman–Crippen LogP) is 3.29. The molecule has 0 spiro atoms. The smallest absolute Gasteiger partial charge is 0.150 e. The Morgan fingerprint density at radius 3 is 2.70 bits per heavy atom. The third-order valence-corrected chi connectivity index (χ3v) is 7.44. The van der Waals surface area contributed by atoms with Crippen LogP contribution in [0.2, 0.25) is 0 Å². The number of nitrogens with zero attached hydrogens (tertiary/aromatic N) is 5. The van der Waals surface area contributed by atoms with E-state index in [0.29, 0.717) is 12.1 Å². The van der Waals surface area contributed by atoms with Gasteiger partial charge < -0.3 is 14.6 Å². The Morgan fingerprint density at radius 2 is 1.97 bits per heavy atom. The zero-order valence-corrected chi connectivity index (χ0v) is 20.2. The van der Waals surface area contributed by atoms with Crippen LogP contribution < -0.4 is 5.32 Å². The van der Waals surface area contributed by atoms with E-state index in [4.69, 9.17) is 9.73 Å². The molecule has 1 saturated carbocycles. The normalized spacial score (nSPS) is 25.4. The van der Waals surface area contributed by atoms with E-state index in [0.717, 1.165) is 57.9 Å². The first-order valence-electron chi connectivity index (χ1n) is 12.7. The van der Waals surface area contributed by atoms with Gasteiger partial charge in [-0.05, 0) is 69.1 Å². The summed E-state index contributed by atoms with van der Waals surface area (Å²) in [4.78, 5) is 7.99. The zero-order chi connectivity index (χ0) is 22.6. The Balaban J connectivity index is 1.30. The van der Waals surface area contributed by atoms with Gasteiger partial charge in [-0.1, -0.05) is 6.08 Å². The number of allylic oxidation sites excluding steroid dienone is 2. The summed E-state index contributed by atoms with van der Waals surface area (Å²) in [5.41, 5.74) is 5.21. The van der Waals surface area contributed by atoms with E-state index in [2.05, 4.69) is 51.3 Å². The van der Waals surface area contributed by atoms with Crippen LogP contribution in [0.5, 0.6) is 0 Å². The van der Waals surface area contributed by atoms with Crippen molar-refractivity contribution in [2.75, 3.05) is 26.3 Å². The van der Waals surface area contributed by atoms with Crippen molar-refractivity contribution < 1.29 is 4.74 Å². The maximum atomic E-state index is 5.55. The fourth-order valence-corrected chi connectivity index (χ4v) is 5.55. The van der Waals surface area contributed by atoms with Crippen LogP contribution in [-0.4, -0.2) is 63.5 Å². The molecule has 0 unspecified atom stereocenters. The number of amidine groups is 1. The second-order valence-corrected chi connectivity index (χ2v) is 9.64. The number of hydrogen-bond acceptors (Lipinski definition) is 4. The first kappa shape index (κ1) is 22.4. The molecule has 0 atom stereocenters. The van der Waals surface area contributed by atoms with Crippen molar-refractivity contribution in [2.24, 2.45) is 12.0 Å². The van der Waals surface area contributed by atoms with E-state index >= 15 is 0 Å². The summed E-state index contributed by atoms with van der Waals surface area (Å²) in [6, 6.07) is 3.37. The summed E-state index contributed by atoms with van der Waals surface area (Å²) in [6.07, 6.45) is 16.4. The molecular weight excluding hydrogens is 412 g/mol. The summed E-state index contributed by atoms with van der Waals surface area (Å²) >= 11 is 0. The second-order valence-electron chi connectivity index (χ2n) is 9.64. The first-order valence-corrected chi connectivity index (χ1v) is 12.7. The molecule has 1 aliphatic carbocycles. The standard InChI is InChI=1S/C26H38N6O/c1-3-31-13-12-21-5-7-22(6-4-20-18-27-30(2)19-20)28-26(25(21)31)29-23-8-10-24(11-9-23)32-14-16-33-17-15-32/h7,12-13,18-19,23-24H,3-6,8-11,14-17H2,1-2H3,(H,28,29). The van der Waals surface area contributed by atoms with Gasteiger partial charge in [-0.15, -0.1) is 0 Å². The summed E-state index contributed by atoms with van der Waals surface area (Å²) in [5, 5.41) is 8.09. The molecule has 7 nitrogen and oxygen atoms in total. The summed E-state index contributed by atoms with van der Waals surface area (Å²) in [6.45, 7) is 7.12. The predicted molar refractivity (Wildman–Crippen MR) is 132 cm³/mol. The third-order valence-electron chi connectivity index (χ3n) is 7.44. The van der Waals surface area contributed by atoms with Crippen molar-refractivity contribution in [1.29, 1.82) is 0 Å². The Labute approximate surface area is 197 Å². The lowest BCUT2D eigenvalue weighted by Gasteiger charge is -2.38. The lowest BCUT2D eigenvalue weighted by molar-refractivity contribution is 0.00754. The number of aromatic nitrogens is 3. The number of hydrogen-bond donors (Lipinski definition) is 1. The highest BCUT2D eigenvalue weighted by atomic mass is 16.5. The van der Waals surface area contributed by atoms with Crippen LogP contribution in [0, 0.1) is 0 Å². The minimum Gasteiger partial charge on any atom is -0.379 e. The van der Waals surface area contributed by atoms with Gasteiger partial charge in [0.2, 0.25) is 0 Å². The lowest BCUT2D eigenvalue weighted by Crippen LogP contribution is -2.45. The quantitative estimate of drug-likeness (QED) is 0.734. The number of ether oxygens (including phenoxy) is 1. The second kappa shape index (κ2) is 10.3. The van der Waals surface area contributed by atoms with Crippen LogP contribution in [0.15, 0.2) is 41.4 Å². The number of rotatable bonds is 6. The average Bonchev–Trinajstić information content (AvgIpc) is 3.42. The van der Waals surface area contributed by atoms with Gasteiger partial charge in [0.25, 0.3) is 0 Å². The van der Waals surface area contributed by atoms with Gasteiger partial charge in [0.15, 0.2) is 0 Å². The molecule has 5 rings (SSSR count). The van der Waals surface area contributed by atoms with Gasteiger partial charge in [0.1, 0.15) is 5.84 Å². The molecular formula is C26H38N6O. The van der Waals surface area contributed by atoms with E-state index in [1.807, 2.05) is 17.9 Å². The molecule has 178 valence electrons. The molecule has 1 N–H and O–H groups in total. The minimum atomic E-state index is 0.399. The minimum absolute atomic E-state index is 0.399. The topological polar surface area (TPSA) is 59.6 Å². The molecule has 2 aromatic rings. The molecule has 7 heteroatoms. The Hall–Kier alpha value is -2.38. The molecule has 0 bridgehead atoms. The molecule has 1 saturated heterocycles. The van der Waals surface area contributed by atoms with Gasteiger partial charge in [0, 0.05) is 50.8 Å². The highest BCUT2D eigenvalue weighted by Crippen LogP contribution is 2.27. The van der Waals surface area contributed by atoms with Crippen LogP contribution in [0.25, 0.3) is 0 Å². The first-order chi connectivity index (χ1) is 16.2. The Bertz CT molecular complexity index is 988. The van der Waals surface area contributed by atoms with Crippen molar-refractivity contribution in [3.8, 4) is 0 Å². The fourth-order valence-electron chi connectivity index (χ4n) is 5.55. The van der Waals surface area contributed by atoms with E-state index in [1.54, 1.807) is 0 Å². The van der Waals surface area contributed by atoms with Crippen molar-refractivity contribution >= 4 is 5.84 Å². The van der Waals surface area contributed by atoms with Crippen molar-refractivity contribution in [3.05, 3.63) is 53.3 Å². The highest BCUT2D eigenvalue weighted by molar-refractivity contribution is 6.00. The van der Waals surface area contributed by atoms with Gasteiger partial charge >= 0.3 is 0 Å². The molecule has 4 heterocycles. The zero-order valence-electron chi connectivity index (χ0n) is 20.2. The number of fused-ring (bicyclic) bond motifs is 1. The number of morpholine rings is 1. The molecule has 2 aliphatic heterocycles. The van der Waals surface area contributed by atoms with E-state index in [1.165, 1.54) is 48.2 Å². The number of aryl methyl sites for hydroxylation is 3. The number of nitrogens with one attached hydrogen (secondary N) is 1. The molecule has 2 fully saturated rings. The van der Waals surface area contributed by atoms with Crippen LogP contribution >= 0.6 is 0 Å². The average molecular weight is 451 g/mol.